The molecule has 0 fully saturated rings. The van der Waals surface area contributed by atoms with E-state index in [1.165, 1.54) is 11.1 Å². The van der Waals surface area contributed by atoms with Gasteiger partial charge in [0.2, 0.25) is 10.0 Å². The van der Waals surface area contributed by atoms with Crippen molar-refractivity contribution in [2.75, 3.05) is 11.9 Å². The standard InChI is InChI=1S/C20H28N4O2S.HI/c1-14(2)12-23-27(25,26)19-9-6-17(7-10-19)13-22-20(21)24-18-8-5-15(3)16(4)11-18;/h5-11,14,23H,12-13H2,1-4H3,(H3,21,22,24);1H. The summed E-state index contributed by atoms with van der Waals surface area (Å²) in [5.74, 6) is 0.565. The summed E-state index contributed by atoms with van der Waals surface area (Å²) in [6.45, 7) is 8.79. The first-order valence-electron chi connectivity index (χ1n) is 8.90. The maximum atomic E-state index is 12.2. The minimum absolute atomic E-state index is 0. The number of aliphatic imine (C=N–C) groups is 1. The zero-order chi connectivity index (χ0) is 20.0. The van der Waals surface area contributed by atoms with Crippen LogP contribution in [0.25, 0.3) is 0 Å². The summed E-state index contributed by atoms with van der Waals surface area (Å²) in [6.07, 6.45) is 0. The molecule has 0 aliphatic heterocycles. The number of rotatable bonds is 7. The Morgan fingerprint density at radius 3 is 2.29 bits per heavy atom. The van der Waals surface area contributed by atoms with Crippen molar-refractivity contribution in [3.05, 3.63) is 59.2 Å². The summed E-state index contributed by atoms with van der Waals surface area (Å²) in [5, 5.41) is 3.06. The van der Waals surface area contributed by atoms with Gasteiger partial charge in [-0.25, -0.2) is 18.1 Å². The molecular weight excluding hydrogens is 487 g/mol. The highest BCUT2D eigenvalue weighted by molar-refractivity contribution is 14.0. The second-order valence-corrected chi connectivity index (χ2v) is 8.78. The molecule has 4 N–H and O–H groups in total. The Morgan fingerprint density at radius 1 is 1.07 bits per heavy atom. The fraction of sp³-hybridized carbons (Fsp3) is 0.350. The lowest BCUT2D eigenvalue weighted by Gasteiger charge is -2.09. The molecule has 0 bridgehead atoms. The number of nitrogens with zero attached hydrogens (tertiary/aromatic N) is 1. The predicted molar refractivity (Wildman–Crippen MR) is 127 cm³/mol. The molecule has 0 aromatic heterocycles. The number of anilines is 1. The van der Waals surface area contributed by atoms with Crippen LogP contribution in [0, 0.1) is 19.8 Å². The van der Waals surface area contributed by atoms with Crippen LogP contribution in [0.5, 0.6) is 0 Å². The average Bonchev–Trinajstić information content (AvgIpc) is 2.62. The van der Waals surface area contributed by atoms with Gasteiger partial charge in [-0.05, 0) is 60.7 Å². The highest BCUT2D eigenvalue weighted by Gasteiger charge is 2.13. The quantitative estimate of drug-likeness (QED) is 0.297. The van der Waals surface area contributed by atoms with Crippen molar-refractivity contribution in [2.45, 2.75) is 39.1 Å². The molecule has 0 atom stereocenters. The first-order chi connectivity index (χ1) is 12.7. The van der Waals surface area contributed by atoms with E-state index in [1.807, 2.05) is 39.0 Å². The van der Waals surface area contributed by atoms with E-state index in [1.54, 1.807) is 24.3 Å². The van der Waals surface area contributed by atoms with Crippen LogP contribution in [-0.4, -0.2) is 20.9 Å². The predicted octanol–water partition coefficient (Wildman–Crippen LogP) is 3.78. The molecule has 0 saturated carbocycles. The van der Waals surface area contributed by atoms with Gasteiger partial charge in [-0.15, -0.1) is 24.0 Å². The Labute approximate surface area is 185 Å². The van der Waals surface area contributed by atoms with Crippen molar-refractivity contribution in [1.29, 1.82) is 0 Å². The van der Waals surface area contributed by atoms with Crippen LogP contribution in [0.3, 0.4) is 0 Å². The highest BCUT2D eigenvalue weighted by Crippen LogP contribution is 2.14. The van der Waals surface area contributed by atoms with E-state index in [-0.39, 0.29) is 34.8 Å². The molecule has 0 spiro atoms. The zero-order valence-corrected chi connectivity index (χ0v) is 19.8. The van der Waals surface area contributed by atoms with Gasteiger partial charge in [0.15, 0.2) is 5.96 Å². The van der Waals surface area contributed by atoms with Gasteiger partial charge in [0.05, 0.1) is 11.4 Å². The van der Waals surface area contributed by atoms with Crippen molar-refractivity contribution in [3.8, 4) is 0 Å². The van der Waals surface area contributed by atoms with Gasteiger partial charge >= 0.3 is 0 Å². The zero-order valence-electron chi connectivity index (χ0n) is 16.7. The molecule has 0 amide bonds. The van der Waals surface area contributed by atoms with Gasteiger partial charge in [-0.1, -0.05) is 32.0 Å². The maximum Gasteiger partial charge on any atom is 0.240 e. The third-order valence-electron chi connectivity index (χ3n) is 4.13. The molecule has 0 unspecified atom stereocenters. The van der Waals surface area contributed by atoms with Gasteiger partial charge in [0, 0.05) is 12.2 Å². The Balaban J connectivity index is 0.00000392. The van der Waals surface area contributed by atoms with E-state index in [9.17, 15) is 8.42 Å². The number of hydrogen-bond acceptors (Lipinski definition) is 3. The smallest absolute Gasteiger partial charge is 0.240 e. The van der Waals surface area contributed by atoms with Gasteiger partial charge in [-0.2, -0.15) is 0 Å². The summed E-state index contributed by atoms with van der Waals surface area (Å²) < 4.78 is 27.0. The van der Waals surface area contributed by atoms with E-state index >= 15 is 0 Å². The van der Waals surface area contributed by atoms with Crippen molar-refractivity contribution in [1.82, 2.24) is 4.72 Å². The fourth-order valence-corrected chi connectivity index (χ4v) is 3.53. The van der Waals surface area contributed by atoms with Crippen LogP contribution in [0.15, 0.2) is 52.4 Å². The van der Waals surface area contributed by atoms with Crippen LogP contribution in [-0.2, 0) is 16.6 Å². The Morgan fingerprint density at radius 2 is 1.71 bits per heavy atom. The van der Waals surface area contributed by atoms with Crippen molar-refractivity contribution in [2.24, 2.45) is 16.6 Å². The number of benzene rings is 2. The highest BCUT2D eigenvalue weighted by atomic mass is 127. The van der Waals surface area contributed by atoms with Gasteiger partial charge in [-0.3, -0.25) is 0 Å². The first kappa shape index (κ1) is 24.4. The summed E-state index contributed by atoms with van der Waals surface area (Å²) in [6, 6.07) is 12.7. The fourth-order valence-electron chi connectivity index (χ4n) is 2.32. The minimum atomic E-state index is -3.47. The van der Waals surface area contributed by atoms with E-state index in [0.717, 1.165) is 11.3 Å². The Bertz CT molecular complexity index is 910. The molecular formula is C20H29IN4O2S. The number of hydrogen-bond donors (Lipinski definition) is 3. The number of nitrogens with one attached hydrogen (secondary N) is 2. The van der Waals surface area contributed by atoms with Crippen LogP contribution in [0.1, 0.15) is 30.5 Å². The number of nitrogens with two attached hydrogens (primary N) is 1. The normalized spacial score (nSPS) is 12.0. The monoisotopic (exact) mass is 516 g/mol. The Kier molecular flexibility index (Phi) is 9.38. The van der Waals surface area contributed by atoms with Crippen molar-refractivity contribution in [3.63, 3.8) is 0 Å². The topological polar surface area (TPSA) is 96.6 Å². The molecule has 2 rings (SSSR count). The van der Waals surface area contributed by atoms with E-state index in [4.69, 9.17) is 5.73 Å². The molecule has 154 valence electrons. The van der Waals surface area contributed by atoms with Crippen molar-refractivity contribution < 1.29 is 8.42 Å². The van der Waals surface area contributed by atoms with Crippen LogP contribution in [0.4, 0.5) is 5.69 Å². The number of sulfonamides is 1. The maximum absolute atomic E-state index is 12.2. The molecule has 8 heteroatoms. The summed E-state index contributed by atoms with van der Waals surface area (Å²) in [4.78, 5) is 4.56. The lowest BCUT2D eigenvalue weighted by molar-refractivity contribution is 0.560. The molecule has 2 aromatic rings. The number of guanidine groups is 1. The average molecular weight is 516 g/mol. The third kappa shape index (κ3) is 7.40. The molecule has 6 nitrogen and oxygen atoms in total. The second-order valence-electron chi connectivity index (χ2n) is 7.02. The molecule has 0 aliphatic carbocycles. The third-order valence-corrected chi connectivity index (χ3v) is 5.57. The lowest BCUT2D eigenvalue weighted by atomic mass is 10.1. The lowest BCUT2D eigenvalue weighted by Crippen LogP contribution is -2.27. The van der Waals surface area contributed by atoms with Crippen LogP contribution < -0.4 is 15.8 Å². The van der Waals surface area contributed by atoms with E-state index in [2.05, 4.69) is 22.0 Å². The van der Waals surface area contributed by atoms with Gasteiger partial charge in [0.25, 0.3) is 0 Å². The van der Waals surface area contributed by atoms with E-state index < -0.39 is 10.0 Å². The molecule has 0 saturated heterocycles. The molecule has 0 aliphatic rings. The number of halogens is 1. The molecule has 0 heterocycles. The summed E-state index contributed by atoms with van der Waals surface area (Å²) >= 11 is 0. The van der Waals surface area contributed by atoms with E-state index in [0.29, 0.717) is 19.0 Å². The minimum Gasteiger partial charge on any atom is -0.370 e. The first-order valence-corrected chi connectivity index (χ1v) is 10.4. The van der Waals surface area contributed by atoms with Gasteiger partial charge in [0.1, 0.15) is 0 Å². The van der Waals surface area contributed by atoms with Crippen molar-refractivity contribution >= 4 is 45.6 Å². The molecule has 2 aromatic carbocycles. The number of aryl methyl sites for hydroxylation is 2. The summed E-state index contributed by atoms with van der Waals surface area (Å²) in [7, 11) is -3.47. The summed E-state index contributed by atoms with van der Waals surface area (Å²) in [5.41, 5.74) is 10.1. The molecule has 28 heavy (non-hydrogen) atoms. The Hall–Kier alpha value is -1.65. The SMILES string of the molecule is Cc1ccc(NC(N)=NCc2ccc(S(=O)(=O)NCC(C)C)cc2)cc1C.I. The largest absolute Gasteiger partial charge is 0.370 e. The molecule has 0 radical (unpaired) electrons. The second kappa shape index (κ2) is 10.8. The van der Waals surface area contributed by atoms with Crippen LogP contribution >= 0.6 is 24.0 Å². The van der Waals surface area contributed by atoms with Crippen LogP contribution in [0.2, 0.25) is 0 Å². The van der Waals surface area contributed by atoms with Gasteiger partial charge < -0.3 is 11.1 Å².